The highest BCUT2D eigenvalue weighted by Gasteiger charge is 2.07. The fourth-order valence-electron chi connectivity index (χ4n) is 0.820. The van der Waals surface area contributed by atoms with Crippen LogP contribution in [0.2, 0.25) is 0 Å². The van der Waals surface area contributed by atoms with E-state index in [4.69, 9.17) is 0 Å². The first-order valence-corrected chi connectivity index (χ1v) is 4.87. The van der Waals surface area contributed by atoms with Crippen LogP contribution in [0, 0.1) is 0 Å². The zero-order valence-electron chi connectivity index (χ0n) is 8.34. The molecule has 76 valence electrons. The van der Waals surface area contributed by atoms with Crippen molar-refractivity contribution < 1.29 is 4.79 Å². The van der Waals surface area contributed by atoms with Gasteiger partial charge in [0, 0.05) is 21.1 Å². The van der Waals surface area contributed by atoms with Gasteiger partial charge in [0.25, 0.3) is 0 Å². The number of nitrogens with zero attached hydrogens (tertiary/aromatic N) is 4. The molecule has 0 aromatic carbocycles. The molecule has 0 radical (unpaired) electrons. The molecule has 0 saturated carbocycles. The number of rotatable bonds is 4. The molecule has 0 spiro atoms. The van der Waals surface area contributed by atoms with Gasteiger partial charge < -0.3 is 4.90 Å². The molecule has 0 aliphatic rings. The standard InChI is InChI=1S/C8H12N4OS/c1-11(2)10-9-7-4-5-14-8(7)12(3)6-13/h4-6H,1-3H3. The summed E-state index contributed by atoms with van der Waals surface area (Å²) in [4.78, 5) is 12.0. The molecular weight excluding hydrogens is 200 g/mol. The van der Waals surface area contributed by atoms with Gasteiger partial charge in [-0.3, -0.25) is 9.80 Å². The van der Waals surface area contributed by atoms with Crippen LogP contribution < -0.4 is 4.90 Å². The molecule has 1 amide bonds. The first kappa shape index (κ1) is 10.6. The Hall–Kier alpha value is -1.43. The largest absolute Gasteiger partial charge is 0.308 e. The molecule has 1 aromatic heterocycles. The van der Waals surface area contributed by atoms with Crippen LogP contribution in [0.5, 0.6) is 0 Å². The Morgan fingerprint density at radius 1 is 1.43 bits per heavy atom. The average Bonchev–Trinajstić information content (AvgIpc) is 2.61. The maximum atomic E-state index is 10.5. The van der Waals surface area contributed by atoms with E-state index < -0.39 is 0 Å². The van der Waals surface area contributed by atoms with Gasteiger partial charge >= 0.3 is 0 Å². The van der Waals surface area contributed by atoms with Gasteiger partial charge in [-0.1, -0.05) is 5.22 Å². The minimum Gasteiger partial charge on any atom is -0.308 e. The molecule has 0 aliphatic carbocycles. The van der Waals surface area contributed by atoms with E-state index in [-0.39, 0.29) is 0 Å². The second-order valence-electron chi connectivity index (χ2n) is 2.86. The van der Waals surface area contributed by atoms with Crippen LogP contribution in [0.15, 0.2) is 21.8 Å². The quantitative estimate of drug-likeness (QED) is 0.435. The van der Waals surface area contributed by atoms with Gasteiger partial charge in [0.15, 0.2) is 0 Å². The molecule has 0 saturated heterocycles. The lowest BCUT2D eigenvalue weighted by molar-refractivity contribution is -0.107. The molecule has 0 aliphatic heterocycles. The van der Waals surface area contributed by atoms with Gasteiger partial charge in [-0.05, 0) is 11.4 Å². The molecule has 0 N–H and O–H groups in total. The average molecular weight is 212 g/mol. The highest BCUT2D eigenvalue weighted by Crippen LogP contribution is 2.33. The lowest BCUT2D eigenvalue weighted by atomic mass is 10.5. The minimum absolute atomic E-state index is 0.707. The lowest BCUT2D eigenvalue weighted by Gasteiger charge is -2.08. The summed E-state index contributed by atoms with van der Waals surface area (Å²) in [6, 6.07) is 1.83. The van der Waals surface area contributed by atoms with Gasteiger partial charge in [0.1, 0.15) is 10.7 Å². The van der Waals surface area contributed by atoms with E-state index in [0.717, 1.165) is 11.4 Å². The van der Waals surface area contributed by atoms with Gasteiger partial charge in [0.05, 0.1) is 0 Å². The van der Waals surface area contributed by atoms with Gasteiger partial charge in [-0.2, -0.15) is 0 Å². The molecule has 5 nitrogen and oxygen atoms in total. The van der Waals surface area contributed by atoms with Gasteiger partial charge in [-0.15, -0.1) is 16.5 Å². The van der Waals surface area contributed by atoms with E-state index in [9.17, 15) is 4.79 Å². The van der Waals surface area contributed by atoms with Crippen LogP contribution in [0.1, 0.15) is 0 Å². The Morgan fingerprint density at radius 3 is 2.71 bits per heavy atom. The van der Waals surface area contributed by atoms with E-state index in [2.05, 4.69) is 10.3 Å². The predicted molar refractivity (Wildman–Crippen MR) is 57.0 cm³/mol. The molecule has 1 rings (SSSR count). The van der Waals surface area contributed by atoms with Crippen molar-refractivity contribution >= 4 is 28.4 Å². The van der Waals surface area contributed by atoms with Crippen molar-refractivity contribution in [2.75, 3.05) is 26.0 Å². The summed E-state index contributed by atoms with van der Waals surface area (Å²) >= 11 is 1.46. The minimum atomic E-state index is 0.707. The third-order valence-corrected chi connectivity index (χ3v) is 2.43. The van der Waals surface area contributed by atoms with Crippen LogP contribution in [0.4, 0.5) is 10.7 Å². The van der Waals surface area contributed by atoms with Gasteiger partial charge in [-0.25, -0.2) is 0 Å². The van der Waals surface area contributed by atoms with Crippen molar-refractivity contribution in [1.29, 1.82) is 0 Å². The summed E-state index contributed by atoms with van der Waals surface area (Å²) in [7, 11) is 5.27. The van der Waals surface area contributed by atoms with E-state index in [0.29, 0.717) is 5.69 Å². The van der Waals surface area contributed by atoms with Crippen molar-refractivity contribution in [3.63, 3.8) is 0 Å². The molecular formula is C8H12N4OS. The summed E-state index contributed by atoms with van der Waals surface area (Å²) < 4.78 is 0. The topological polar surface area (TPSA) is 48.3 Å². The van der Waals surface area contributed by atoms with E-state index in [1.807, 2.05) is 11.4 Å². The molecule has 0 bridgehead atoms. The maximum absolute atomic E-state index is 10.5. The van der Waals surface area contributed by atoms with Crippen LogP contribution in [-0.4, -0.2) is 32.6 Å². The highest BCUT2D eigenvalue weighted by atomic mass is 32.1. The Balaban J connectivity index is 2.87. The second-order valence-corrected chi connectivity index (χ2v) is 3.76. The molecule has 0 unspecified atom stereocenters. The predicted octanol–water partition coefficient (Wildman–Crippen LogP) is 1.90. The van der Waals surface area contributed by atoms with Gasteiger partial charge in [0.2, 0.25) is 6.41 Å². The normalized spacial score (nSPS) is 10.5. The number of anilines is 1. The van der Waals surface area contributed by atoms with Crippen molar-refractivity contribution in [2.24, 2.45) is 10.3 Å². The smallest absolute Gasteiger partial charge is 0.214 e. The molecule has 0 atom stereocenters. The Bertz CT molecular complexity index is 334. The summed E-state index contributed by atoms with van der Waals surface area (Å²) in [5.74, 6) is 0. The third-order valence-electron chi connectivity index (χ3n) is 1.43. The van der Waals surface area contributed by atoms with E-state index >= 15 is 0 Å². The van der Waals surface area contributed by atoms with Crippen LogP contribution >= 0.6 is 11.3 Å². The number of thiophene rings is 1. The molecule has 6 heteroatoms. The first-order chi connectivity index (χ1) is 6.65. The SMILES string of the molecule is CN(C)N=Nc1ccsc1N(C)C=O. The summed E-state index contributed by atoms with van der Waals surface area (Å²) in [5, 5.41) is 12.1. The van der Waals surface area contributed by atoms with Crippen molar-refractivity contribution in [1.82, 2.24) is 5.01 Å². The van der Waals surface area contributed by atoms with Crippen LogP contribution in [0.3, 0.4) is 0 Å². The molecule has 1 aromatic rings. The number of hydrogen-bond acceptors (Lipinski definition) is 4. The number of amides is 1. The maximum Gasteiger partial charge on any atom is 0.214 e. The summed E-state index contributed by atoms with van der Waals surface area (Å²) in [5.41, 5.74) is 0.707. The number of carbonyl (C=O) groups is 1. The Labute approximate surface area is 86.6 Å². The second kappa shape index (κ2) is 4.71. The highest BCUT2D eigenvalue weighted by molar-refractivity contribution is 7.15. The zero-order chi connectivity index (χ0) is 10.6. The lowest BCUT2D eigenvalue weighted by Crippen LogP contribution is -2.11. The van der Waals surface area contributed by atoms with Crippen LogP contribution in [-0.2, 0) is 4.79 Å². The van der Waals surface area contributed by atoms with Crippen molar-refractivity contribution in [3.05, 3.63) is 11.4 Å². The van der Waals surface area contributed by atoms with Crippen LogP contribution in [0.25, 0.3) is 0 Å². The summed E-state index contributed by atoms with van der Waals surface area (Å²) in [6.45, 7) is 0. The Kier molecular flexibility index (Phi) is 3.58. The monoisotopic (exact) mass is 212 g/mol. The van der Waals surface area contributed by atoms with E-state index in [1.54, 1.807) is 26.2 Å². The summed E-state index contributed by atoms with van der Waals surface area (Å²) in [6.07, 6.45) is 0.751. The molecule has 0 fully saturated rings. The molecule has 14 heavy (non-hydrogen) atoms. The number of hydrogen-bond donors (Lipinski definition) is 0. The van der Waals surface area contributed by atoms with Crippen molar-refractivity contribution in [2.45, 2.75) is 0 Å². The van der Waals surface area contributed by atoms with E-state index in [1.165, 1.54) is 16.2 Å². The fraction of sp³-hybridized carbons (Fsp3) is 0.375. The third kappa shape index (κ3) is 2.53. The fourth-order valence-corrected chi connectivity index (χ4v) is 1.58. The Morgan fingerprint density at radius 2 is 2.14 bits per heavy atom. The van der Waals surface area contributed by atoms with Crippen molar-refractivity contribution in [3.8, 4) is 0 Å². The zero-order valence-corrected chi connectivity index (χ0v) is 9.15. The number of carbonyl (C=O) groups excluding carboxylic acids is 1. The first-order valence-electron chi connectivity index (χ1n) is 3.99. The molecule has 1 heterocycles.